The molecule has 0 atom stereocenters. The highest BCUT2D eigenvalue weighted by molar-refractivity contribution is 5.46. The van der Waals surface area contributed by atoms with Crippen LogP contribution in [0.5, 0.6) is 5.75 Å². The molecule has 0 fully saturated rings. The lowest BCUT2D eigenvalue weighted by molar-refractivity contribution is 0.306. The lowest BCUT2D eigenvalue weighted by atomic mass is 9.87. The molecule has 2 aromatic carbocycles. The first kappa shape index (κ1) is 14.4. The molecule has 0 aromatic heterocycles. The van der Waals surface area contributed by atoms with Gasteiger partial charge in [-0.3, -0.25) is 0 Å². The first-order chi connectivity index (χ1) is 9.36. The summed E-state index contributed by atoms with van der Waals surface area (Å²) in [5.41, 5.74) is 8.25. The Bertz CT molecular complexity index is 602. The summed E-state index contributed by atoms with van der Waals surface area (Å²) in [4.78, 5) is 0. The number of ether oxygens (including phenoxy) is 1. The van der Waals surface area contributed by atoms with E-state index in [4.69, 9.17) is 10.5 Å². The highest BCUT2D eigenvalue weighted by Crippen LogP contribution is 2.26. The predicted molar refractivity (Wildman–Crippen MR) is 80.3 cm³/mol. The average Bonchev–Trinajstić information content (AvgIpc) is 2.37. The van der Waals surface area contributed by atoms with Crippen molar-refractivity contribution in [2.24, 2.45) is 0 Å². The van der Waals surface area contributed by atoms with Crippen LogP contribution in [0.2, 0.25) is 0 Å². The largest absolute Gasteiger partial charge is 0.489 e. The van der Waals surface area contributed by atoms with E-state index in [1.54, 1.807) is 6.07 Å². The molecule has 0 saturated carbocycles. The van der Waals surface area contributed by atoms with Crippen LogP contribution >= 0.6 is 0 Å². The van der Waals surface area contributed by atoms with Gasteiger partial charge in [0.25, 0.3) is 0 Å². The summed E-state index contributed by atoms with van der Waals surface area (Å²) in [7, 11) is 0. The quantitative estimate of drug-likeness (QED) is 0.847. The standard InChI is InChI=1S/C17H20FNO/c1-17(2,3)13-5-4-6-15(9-13)20-11-12-7-8-14(18)10-16(12)19/h4-10H,11,19H2,1-3H3. The predicted octanol–water partition coefficient (Wildman–Crippen LogP) is 4.28. The molecule has 2 rings (SSSR count). The van der Waals surface area contributed by atoms with Crippen molar-refractivity contribution in [2.75, 3.05) is 5.73 Å². The van der Waals surface area contributed by atoms with Crippen LogP contribution in [0.3, 0.4) is 0 Å². The molecule has 0 spiro atoms. The van der Waals surface area contributed by atoms with Gasteiger partial charge in [0.15, 0.2) is 0 Å². The maximum Gasteiger partial charge on any atom is 0.125 e. The summed E-state index contributed by atoms with van der Waals surface area (Å²) in [5.74, 6) is 0.460. The summed E-state index contributed by atoms with van der Waals surface area (Å²) < 4.78 is 18.7. The molecule has 106 valence electrons. The molecule has 20 heavy (non-hydrogen) atoms. The molecule has 0 radical (unpaired) electrons. The zero-order valence-corrected chi connectivity index (χ0v) is 12.1. The zero-order valence-electron chi connectivity index (χ0n) is 12.1. The van der Waals surface area contributed by atoms with Crippen LogP contribution in [0.25, 0.3) is 0 Å². The number of benzene rings is 2. The summed E-state index contributed by atoms with van der Waals surface area (Å²) >= 11 is 0. The molecule has 2 aromatic rings. The molecule has 0 aliphatic carbocycles. The van der Waals surface area contributed by atoms with Crippen molar-refractivity contribution in [3.8, 4) is 5.75 Å². The highest BCUT2D eigenvalue weighted by Gasteiger charge is 2.14. The number of halogens is 1. The number of nitrogens with two attached hydrogens (primary N) is 1. The molecule has 0 saturated heterocycles. The van der Waals surface area contributed by atoms with Gasteiger partial charge in [-0.05, 0) is 35.2 Å². The second kappa shape index (κ2) is 5.53. The molecular formula is C17H20FNO. The van der Waals surface area contributed by atoms with Crippen LogP contribution in [-0.4, -0.2) is 0 Å². The van der Waals surface area contributed by atoms with Gasteiger partial charge in [0.2, 0.25) is 0 Å². The van der Waals surface area contributed by atoms with E-state index >= 15 is 0 Å². The normalized spacial score (nSPS) is 11.4. The third-order valence-corrected chi connectivity index (χ3v) is 3.20. The molecule has 3 heteroatoms. The van der Waals surface area contributed by atoms with Gasteiger partial charge in [-0.15, -0.1) is 0 Å². The van der Waals surface area contributed by atoms with E-state index in [-0.39, 0.29) is 11.2 Å². The Kier molecular flexibility index (Phi) is 3.98. The number of anilines is 1. The van der Waals surface area contributed by atoms with Gasteiger partial charge in [0.05, 0.1) is 0 Å². The summed E-state index contributed by atoms with van der Waals surface area (Å²) in [6.07, 6.45) is 0. The van der Waals surface area contributed by atoms with Crippen LogP contribution in [0.15, 0.2) is 42.5 Å². The molecule has 0 heterocycles. The van der Waals surface area contributed by atoms with Crippen molar-refractivity contribution < 1.29 is 9.13 Å². The lowest BCUT2D eigenvalue weighted by Gasteiger charge is -2.20. The van der Waals surface area contributed by atoms with Gasteiger partial charge in [0, 0.05) is 11.3 Å². The van der Waals surface area contributed by atoms with E-state index in [1.807, 2.05) is 18.2 Å². The minimum atomic E-state index is -0.332. The third-order valence-electron chi connectivity index (χ3n) is 3.20. The monoisotopic (exact) mass is 273 g/mol. The summed E-state index contributed by atoms with van der Waals surface area (Å²) in [6, 6.07) is 12.3. The molecule has 0 aliphatic rings. The van der Waals surface area contributed by atoms with Crippen molar-refractivity contribution in [1.29, 1.82) is 0 Å². The van der Waals surface area contributed by atoms with Gasteiger partial charge in [0.1, 0.15) is 18.2 Å². The maximum atomic E-state index is 13.0. The van der Waals surface area contributed by atoms with E-state index in [9.17, 15) is 4.39 Å². The minimum Gasteiger partial charge on any atom is -0.489 e. The fraction of sp³-hybridized carbons (Fsp3) is 0.294. The third kappa shape index (κ3) is 3.50. The summed E-state index contributed by atoms with van der Waals surface area (Å²) in [5, 5.41) is 0. The number of hydrogen-bond acceptors (Lipinski definition) is 2. The molecule has 2 nitrogen and oxygen atoms in total. The van der Waals surface area contributed by atoms with Crippen LogP contribution in [0.4, 0.5) is 10.1 Å². The van der Waals surface area contributed by atoms with Gasteiger partial charge < -0.3 is 10.5 Å². The van der Waals surface area contributed by atoms with Crippen LogP contribution in [0.1, 0.15) is 31.9 Å². The smallest absolute Gasteiger partial charge is 0.125 e. The van der Waals surface area contributed by atoms with Gasteiger partial charge in [-0.2, -0.15) is 0 Å². The van der Waals surface area contributed by atoms with Crippen molar-refractivity contribution >= 4 is 5.69 Å². The van der Waals surface area contributed by atoms with E-state index in [0.717, 1.165) is 11.3 Å². The van der Waals surface area contributed by atoms with Crippen molar-refractivity contribution in [3.63, 3.8) is 0 Å². The molecule has 2 N–H and O–H groups in total. The van der Waals surface area contributed by atoms with E-state index in [2.05, 4.69) is 26.8 Å². The number of nitrogen functional groups attached to an aromatic ring is 1. The fourth-order valence-corrected chi connectivity index (χ4v) is 1.91. The molecule has 0 unspecified atom stereocenters. The van der Waals surface area contributed by atoms with Crippen LogP contribution < -0.4 is 10.5 Å². The Morgan fingerprint density at radius 1 is 1.10 bits per heavy atom. The SMILES string of the molecule is CC(C)(C)c1cccc(OCc2ccc(F)cc2N)c1. The molecule has 0 bridgehead atoms. The second-order valence-corrected chi connectivity index (χ2v) is 5.91. The van der Waals surface area contributed by atoms with Crippen LogP contribution in [-0.2, 0) is 12.0 Å². The second-order valence-electron chi connectivity index (χ2n) is 5.91. The van der Waals surface area contributed by atoms with Crippen molar-refractivity contribution in [2.45, 2.75) is 32.8 Å². The Labute approximate surface area is 119 Å². The molecule has 0 aliphatic heterocycles. The summed E-state index contributed by atoms with van der Waals surface area (Å²) in [6.45, 7) is 6.80. The molecular weight excluding hydrogens is 253 g/mol. The average molecular weight is 273 g/mol. The number of hydrogen-bond donors (Lipinski definition) is 1. The molecule has 0 amide bonds. The highest BCUT2D eigenvalue weighted by atomic mass is 19.1. The first-order valence-electron chi connectivity index (χ1n) is 6.63. The van der Waals surface area contributed by atoms with Gasteiger partial charge in [-0.1, -0.05) is 39.0 Å². The zero-order chi connectivity index (χ0) is 14.8. The van der Waals surface area contributed by atoms with E-state index in [1.165, 1.54) is 17.7 Å². The van der Waals surface area contributed by atoms with E-state index < -0.39 is 0 Å². The fourth-order valence-electron chi connectivity index (χ4n) is 1.91. The lowest BCUT2D eigenvalue weighted by Crippen LogP contribution is -2.11. The Morgan fingerprint density at radius 3 is 2.50 bits per heavy atom. The van der Waals surface area contributed by atoms with Gasteiger partial charge >= 0.3 is 0 Å². The topological polar surface area (TPSA) is 35.2 Å². The van der Waals surface area contributed by atoms with E-state index in [0.29, 0.717) is 12.3 Å². The minimum absolute atomic E-state index is 0.0777. The number of rotatable bonds is 3. The Morgan fingerprint density at radius 2 is 1.85 bits per heavy atom. The van der Waals surface area contributed by atoms with Crippen molar-refractivity contribution in [1.82, 2.24) is 0 Å². The van der Waals surface area contributed by atoms with Gasteiger partial charge in [-0.25, -0.2) is 4.39 Å². The van der Waals surface area contributed by atoms with Crippen molar-refractivity contribution in [3.05, 3.63) is 59.4 Å². The Hall–Kier alpha value is -2.03. The first-order valence-corrected chi connectivity index (χ1v) is 6.63. The maximum absolute atomic E-state index is 13.0. The van der Waals surface area contributed by atoms with Crippen LogP contribution in [0, 0.1) is 5.82 Å². The Balaban J connectivity index is 2.11.